The van der Waals surface area contributed by atoms with Crippen LogP contribution in [0.4, 0.5) is 10.1 Å². The number of anilines is 1. The van der Waals surface area contributed by atoms with Crippen LogP contribution in [0.1, 0.15) is 19.3 Å². The van der Waals surface area contributed by atoms with Gasteiger partial charge in [0.05, 0.1) is 0 Å². The molecule has 2 aliphatic heterocycles. The molecule has 3 heteroatoms. The molecule has 0 amide bonds. The predicted octanol–water partition coefficient (Wildman–Crippen LogP) is 2.50. The lowest BCUT2D eigenvalue weighted by Gasteiger charge is -2.27. The minimum absolute atomic E-state index is 0.147. The molecule has 0 spiro atoms. The third kappa shape index (κ3) is 2.29. The second-order valence-electron chi connectivity index (χ2n) is 5.11. The molecule has 0 radical (unpaired) electrons. The van der Waals surface area contributed by atoms with E-state index in [0.29, 0.717) is 6.04 Å². The molecule has 1 aromatic rings. The number of hydrogen-bond donors (Lipinski definition) is 0. The second-order valence-corrected chi connectivity index (χ2v) is 5.11. The zero-order chi connectivity index (χ0) is 11.7. The van der Waals surface area contributed by atoms with E-state index in [1.807, 2.05) is 12.1 Å². The largest absolute Gasteiger partial charge is 0.370 e. The van der Waals surface area contributed by atoms with Crippen molar-refractivity contribution in [3.8, 4) is 0 Å². The molecule has 1 atom stereocenters. The maximum Gasteiger partial charge on any atom is 0.123 e. The first-order chi connectivity index (χ1) is 8.33. The van der Waals surface area contributed by atoms with Gasteiger partial charge in [-0.2, -0.15) is 0 Å². The van der Waals surface area contributed by atoms with Gasteiger partial charge in [-0.15, -0.1) is 0 Å². The van der Waals surface area contributed by atoms with Crippen molar-refractivity contribution in [1.29, 1.82) is 0 Å². The predicted molar refractivity (Wildman–Crippen MR) is 67.8 cm³/mol. The van der Waals surface area contributed by atoms with E-state index in [1.54, 1.807) is 12.1 Å². The molecule has 1 aromatic carbocycles. The van der Waals surface area contributed by atoms with Crippen molar-refractivity contribution in [2.75, 3.05) is 31.1 Å². The van der Waals surface area contributed by atoms with Crippen molar-refractivity contribution < 1.29 is 4.39 Å². The summed E-state index contributed by atoms with van der Waals surface area (Å²) in [7, 11) is 0. The summed E-state index contributed by atoms with van der Waals surface area (Å²) in [5.74, 6) is -0.147. The third-order valence-corrected chi connectivity index (χ3v) is 4.00. The van der Waals surface area contributed by atoms with Crippen LogP contribution in [0.3, 0.4) is 0 Å². The summed E-state index contributed by atoms with van der Waals surface area (Å²) in [6.07, 6.45) is 3.87. The average Bonchev–Trinajstić information content (AvgIpc) is 2.68. The monoisotopic (exact) mass is 234 g/mol. The minimum Gasteiger partial charge on any atom is -0.370 e. The Morgan fingerprint density at radius 3 is 2.59 bits per heavy atom. The van der Waals surface area contributed by atoms with Gasteiger partial charge in [0.15, 0.2) is 0 Å². The van der Waals surface area contributed by atoms with E-state index in [2.05, 4.69) is 9.80 Å². The van der Waals surface area contributed by atoms with Crippen molar-refractivity contribution in [2.24, 2.45) is 0 Å². The zero-order valence-electron chi connectivity index (χ0n) is 10.1. The molecule has 2 nitrogen and oxygen atoms in total. The number of halogens is 1. The highest BCUT2D eigenvalue weighted by atomic mass is 19.1. The molecular formula is C14H19FN2. The molecule has 3 rings (SSSR count). The summed E-state index contributed by atoms with van der Waals surface area (Å²) in [5.41, 5.74) is 1.17. The molecule has 2 fully saturated rings. The molecule has 2 saturated heterocycles. The summed E-state index contributed by atoms with van der Waals surface area (Å²) in [6.45, 7) is 4.69. The SMILES string of the molecule is Fc1ccc(N2CCCN3CCCC3C2)cc1. The van der Waals surface area contributed by atoms with Crippen molar-refractivity contribution in [3.05, 3.63) is 30.1 Å². The van der Waals surface area contributed by atoms with Gasteiger partial charge in [-0.1, -0.05) is 0 Å². The summed E-state index contributed by atoms with van der Waals surface area (Å²) >= 11 is 0. The van der Waals surface area contributed by atoms with Crippen LogP contribution in [-0.4, -0.2) is 37.1 Å². The normalized spacial score (nSPS) is 25.7. The molecule has 92 valence electrons. The maximum absolute atomic E-state index is 12.9. The van der Waals surface area contributed by atoms with Crippen molar-refractivity contribution in [3.63, 3.8) is 0 Å². The first kappa shape index (κ1) is 11.0. The van der Waals surface area contributed by atoms with Gasteiger partial charge in [-0.05, 0) is 50.1 Å². The van der Waals surface area contributed by atoms with E-state index in [9.17, 15) is 4.39 Å². The average molecular weight is 234 g/mol. The lowest BCUT2D eigenvalue weighted by atomic mass is 10.2. The van der Waals surface area contributed by atoms with Crippen LogP contribution in [0, 0.1) is 5.82 Å². The van der Waals surface area contributed by atoms with Gasteiger partial charge in [-0.25, -0.2) is 4.39 Å². The highest BCUT2D eigenvalue weighted by Gasteiger charge is 2.28. The smallest absolute Gasteiger partial charge is 0.123 e. The Kier molecular flexibility index (Phi) is 3.02. The Hall–Kier alpha value is -1.09. The Bertz CT molecular complexity index is 376. The molecule has 17 heavy (non-hydrogen) atoms. The Labute approximate surface area is 102 Å². The van der Waals surface area contributed by atoms with Gasteiger partial charge < -0.3 is 4.90 Å². The van der Waals surface area contributed by atoms with Gasteiger partial charge in [0.25, 0.3) is 0 Å². The van der Waals surface area contributed by atoms with E-state index in [4.69, 9.17) is 0 Å². The third-order valence-electron chi connectivity index (χ3n) is 4.00. The Morgan fingerprint density at radius 1 is 1.00 bits per heavy atom. The van der Waals surface area contributed by atoms with Crippen LogP contribution in [-0.2, 0) is 0 Å². The van der Waals surface area contributed by atoms with Crippen LogP contribution < -0.4 is 4.90 Å². The fourth-order valence-corrected chi connectivity index (χ4v) is 3.09. The Morgan fingerprint density at radius 2 is 1.76 bits per heavy atom. The lowest BCUT2D eigenvalue weighted by Crippen LogP contribution is -2.36. The molecule has 0 saturated carbocycles. The van der Waals surface area contributed by atoms with Crippen LogP contribution in [0.2, 0.25) is 0 Å². The van der Waals surface area contributed by atoms with E-state index in [1.165, 1.54) is 38.0 Å². The van der Waals surface area contributed by atoms with E-state index in [-0.39, 0.29) is 5.82 Å². The minimum atomic E-state index is -0.147. The molecule has 0 aliphatic carbocycles. The van der Waals surface area contributed by atoms with E-state index in [0.717, 1.165) is 13.1 Å². The molecule has 2 heterocycles. The van der Waals surface area contributed by atoms with Gasteiger partial charge >= 0.3 is 0 Å². The quantitative estimate of drug-likeness (QED) is 0.736. The highest BCUT2D eigenvalue weighted by Crippen LogP contribution is 2.24. The zero-order valence-corrected chi connectivity index (χ0v) is 10.1. The fraction of sp³-hybridized carbons (Fsp3) is 0.571. The van der Waals surface area contributed by atoms with Crippen molar-refractivity contribution >= 4 is 5.69 Å². The van der Waals surface area contributed by atoms with E-state index >= 15 is 0 Å². The van der Waals surface area contributed by atoms with Crippen LogP contribution in [0.5, 0.6) is 0 Å². The van der Waals surface area contributed by atoms with Gasteiger partial charge in [0.1, 0.15) is 5.82 Å². The van der Waals surface area contributed by atoms with Crippen molar-refractivity contribution in [1.82, 2.24) is 4.90 Å². The number of hydrogen-bond acceptors (Lipinski definition) is 2. The molecular weight excluding hydrogens is 215 g/mol. The van der Waals surface area contributed by atoms with Gasteiger partial charge in [0.2, 0.25) is 0 Å². The molecule has 0 N–H and O–H groups in total. The van der Waals surface area contributed by atoms with Crippen LogP contribution >= 0.6 is 0 Å². The molecule has 0 bridgehead atoms. The van der Waals surface area contributed by atoms with Gasteiger partial charge in [0, 0.05) is 31.4 Å². The second kappa shape index (κ2) is 4.65. The van der Waals surface area contributed by atoms with Crippen LogP contribution in [0.15, 0.2) is 24.3 Å². The molecule has 1 unspecified atom stereocenters. The number of rotatable bonds is 1. The Balaban J connectivity index is 1.76. The lowest BCUT2D eigenvalue weighted by molar-refractivity contribution is 0.273. The van der Waals surface area contributed by atoms with Crippen molar-refractivity contribution in [2.45, 2.75) is 25.3 Å². The number of nitrogens with zero attached hydrogens (tertiary/aromatic N) is 2. The summed E-state index contributed by atoms with van der Waals surface area (Å²) in [4.78, 5) is 5.03. The topological polar surface area (TPSA) is 6.48 Å². The van der Waals surface area contributed by atoms with E-state index < -0.39 is 0 Å². The molecule has 2 aliphatic rings. The first-order valence-corrected chi connectivity index (χ1v) is 6.57. The highest BCUT2D eigenvalue weighted by molar-refractivity contribution is 5.46. The first-order valence-electron chi connectivity index (χ1n) is 6.57. The number of fused-ring (bicyclic) bond motifs is 1. The summed E-state index contributed by atoms with van der Waals surface area (Å²) < 4.78 is 12.9. The van der Waals surface area contributed by atoms with Crippen LogP contribution in [0.25, 0.3) is 0 Å². The van der Waals surface area contributed by atoms with Gasteiger partial charge in [-0.3, -0.25) is 4.90 Å². The fourth-order valence-electron chi connectivity index (χ4n) is 3.09. The standard InChI is InChI=1S/C14H19FN2/c15-12-4-6-13(7-5-12)17-10-2-9-16-8-1-3-14(16)11-17/h4-7,14H,1-3,8-11H2. The maximum atomic E-state index is 12.9. The number of benzene rings is 1. The summed E-state index contributed by atoms with van der Waals surface area (Å²) in [5, 5.41) is 0. The summed E-state index contributed by atoms with van der Waals surface area (Å²) in [6, 6.07) is 7.64. The molecule has 0 aromatic heterocycles.